The first kappa shape index (κ1) is 24.7. The van der Waals surface area contributed by atoms with Gasteiger partial charge in [0.25, 0.3) is 0 Å². The number of nitrogens with zero attached hydrogens (tertiary/aromatic N) is 3. The lowest BCUT2D eigenvalue weighted by molar-refractivity contribution is -0.137. The highest BCUT2D eigenvalue weighted by molar-refractivity contribution is 5.78. The fourth-order valence-corrected chi connectivity index (χ4v) is 4.34. The summed E-state index contributed by atoms with van der Waals surface area (Å²) in [6, 6.07) is 4.57. The molecule has 6 nitrogen and oxygen atoms in total. The maximum atomic E-state index is 13.6. The second-order valence-corrected chi connectivity index (χ2v) is 8.68. The lowest BCUT2D eigenvalue weighted by atomic mass is 10.0. The number of alkyl halides is 3. The number of nitrogens with one attached hydrogen (secondary N) is 1. The van der Waals surface area contributed by atoms with Crippen molar-refractivity contribution in [3.63, 3.8) is 0 Å². The maximum Gasteiger partial charge on any atom is 0.416 e. The van der Waals surface area contributed by atoms with Crippen molar-refractivity contribution >= 4 is 11.9 Å². The summed E-state index contributed by atoms with van der Waals surface area (Å²) < 4.78 is 39.9. The van der Waals surface area contributed by atoms with E-state index in [-0.39, 0.29) is 18.0 Å². The van der Waals surface area contributed by atoms with Crippen LogP contribution in [0.15, 0.2) is 30.5 Å². The van der Waals surface area contributed by atoms with Crippen LogP contribution < -0.4 is 0 Å². The van der Waals surface area contributed by atoms with Crippen LogP contribution >= 0.6 is 0 Å². The molecule has 0 bridgehead atoms. The van der Waals surface area contributed by atoms with Crippen molar-refractivity contribution < 1.29 is 22.8 Å². The Hall–Kier alpha value is -2.97. The van der Waals surface area contributed by atoms with Gasteiger partial charge in [0.15, 0.2) is 0 Å². The van der Waals surface area contributed by atoms with Crippen LogP contribution in [0.1, 0.15) is 60.3 Å². The Bertz CT molecular complexity index is 1020. The van der Waals surface area contributed by atoms with E-state index < -0.39 is 17.8 Å². The van der Waals surface area contributed by atoms with E-state index in [4.69, 9.17) is 0 Å². The molecule has 2 aromatic rings. The molecule has 2 unspecified atom stereocenters. The molecule has 3 amide bonds. The number of benzene rings is 1. The second-order valence-electron chi connectivity index (χ2n) is 8.68. The number of amides is 3. The number of H-pyrrole nitrogens is 1. The van der Waals surface area contributed by atoms with E-state index in [1.807, 2.05) is 13.0 Å². The lowest BCUT2D eigenvalue weighted by Crippen LogP contribution is -2.55. The van der Waals surface area contributed by atoms with Crippen molar-refractivity contribution in [3.8, 4) is 0 Å². The predicted molar refractivity (Wildman–Crippen MR) is 120 cm³/mol. The number of carbonyl (C=O) groups is 2. The quantitative estimate of drug-likeness (QED) is 0.688. The number of rotatable bonds is 4. The van der Waals surface area contributed by atoms with Gasteiger partial charge in [-0.1, -0.05) is 18.6 Å². The smallest absolute Gasteiger partial charge is 0.363 e. The average Bonchev–Trinajstić information content (AvgIpc) is 3.21. The highest BCUT2D eigenvalue weighted by Gasteiger charge is 2.37. The van der Waals surface area contributed by atoms with E-state index in [0.717, 1.165) is 23.4 Å². The molecule has 1 aliphatic rings. The molecule has 1 fully saturated rings. The van der Waals surface area contributed by atoms with E-state index in [1.165, 1.54) is 4.90 Å². The van der Waals surface area contributed by atoms with Gasteiger partial charge in [0, 0.05) is 45.0 Å². The van der Waals surface area contributed by atoms with Crippen LogP contribution in [-0.2, 0) is 11.0 Å². The van der Waals surface area contributed by atoms with Crippen molar-refractivity contribution in [3.05, 3.63) is 58.4 Å². The van der Waals surface area contributed by atoms with Crippen molar-refractivity contribution in [1.29, 1.82) is 0 Å². The number of aromatic amines is 1. The summed E-state index contributed by atoms with van der Waals surface area (Å²) in [5, 5.41) is 0. The molecule has 1 saturated heterocycles. The zero-order chi connectivity index (χ0) is 24.5. The van der Waals surface area contributed by atoms with E-state index >= 15 is 0 Å². The molecular weight excluding hydrogens is 433 g/mol. The lowest BCUT2D eigenvalue weighted by Gasteiger charge is -2.43. The van der Waals surface area contributed by atoms with Crippen LogP contribution in [0, 0.1) is 13.8 Å². The number of hydrogen-bond donors (Lipinski definition) is 1. The molecule has 0 saturated carbocycles. The number of aromatic nitrogens is 1. The molecule has 9 heteroatoms. The Balaban J connectivity index is 1.88. The molecule has 0 aliphatic carbocycles. The topological polar surface area (TPSA) is 59.7 Å². The molecule has 1 N–H and O–H groups in total. The van der Waals surface area contributed by atoms with Crippen LogP contribution in [-0.4, -0.2) is 58.3 Å². The van der Waals surface area contributed by atoms with Crippen LogP contribution in [0.25, 0.3) is 0 Å². The van der Waals surface area contributed by atoms with Gasteiger partial charge in [-0.15, -0.1) is 0 Å². The minimum Gasteiger partial charge on any atom is -0.363 e. The minimum atomic E-state index is -4.46. The Morgan fingerprint density at radius 3 is 2.48 bits per heavy atom. The fourth-order valence-electron chi connectivity index (χ4n) is 4.34. The number of aryl methyl sites for hydroxylation is 2. The number of urea groups is 1. The van der Waals surface area contributed by atoms with Gasteiger partial charge in [0.1, 0.15) is 0 Å². The summed E-state index contributed by atoms with van der Waals surface area (Å²) in [6.45, 7) is 8.20. The molecule has 0 radical (unpaired) electrons. The minimum absolute atomic E-state index is 0.0254. The Morgan fingerprint density at radius 1 is 1.21 bits per heavy atom. The second kappa shape index (κ2) is 9.49. The van der Waals surface area contributed by atoms with Crippen LogP contribution in [0.2, 0.25) is 0 Å². The van der Waals surface area contributed by atoms with Gasteiger partial charge in [0.2, 0.25) is 5.91 Å². The summed E-state index contributed by atoms with van der Waals surface area (Å²) in [5.41, 5.74) is 2.02. The Kier molecular flexibility index (Phi) is 7.09. The van der Waals surface area contributed by atoms with Crippen LogP contribution in [0.4, 0.5) is 18.0 Å². The zero-order valence-corrected chi connectivity index (χ0v) is 19.7. The zero-order valence-electron chi connectivity index (χ0n) is 19.7. The molecule has 1 aromatic heterocycles. The molecule has 33 heavy (non-hydrogen) atoms. The first-order valence-electron chi connectivity index (χ1n) is 11.1. The third kappa shape index (κ3) is 5.17. The summed E-state index contributed by atoms with van der Waals surface area (Å²) >= 11 is 0. The van der Waals surface area contributed by atoms with Crippen molar-refractivity contribution in [1.82, 2.24) is 19.7 Å². The Morgan fingerprint density at radius 2 is 1.91 bits per heavy atom. The molecule has 3 rings (SSSR count). The standard InChI is InChI=1S/C24H31F3N4O2/c1-6-21(32)30-9-10-31(20(14-30)22-16(3)7-8-28-22)23(33)29(5)17(4)18-11-15(2)12-19(13-18)24(25,26)27/h7-8,11-13,17,20,28H,6,9-10,14H2,1-5H3. The first-order chi connectivity index (χ1) is 15.4. The van der Waals surface area contributed by atoms with E-state index in [1.54, 1.807) is 49.9 Å². The van der Waals surface area contributed by atoms with Crippen LogP contribution in [0.5, 0.6) is 0 Å². The fraction of sp³-hybridized carbons (Fsp3) is 0.500. The van der Waals surface area contributed by atoms with Gasteiger partial charge in [-0.3, -0.25) is 4.79 Å². The summed E-state index contributed by atoms with van der Waals surface area (Å²) in [4.78, 5) is 34.0. The number of halogens is 3. The van der Waals surface area contributed by atoms with E-state index in [9.17, 15) is 22.8 Å². The molecule has 2 atom stereocenters. The SMILES string of the molecule is CCC(=O)N1CCN(C(=O)N(C)C(C)c2cc(C)cc(C(F)(F)F)c2)C(c2[nH]ccc2C)C1. The molecular formula is C24H31F3N4O2. The molecule has 1 aromatic carbocycles. The van der Waals surface area contributed by atoms with Crippen LogP contribution in [0.3, 0.4) is 0 Å². The number of hydrogen-bond acceptors (Lipinski definition) is 2. The predicted octanol–water partition coefficient (Wildman–Crippen LogP) is 5.06. The van der Waals surface area contributed by atoms with Gasteiger partial charge in [0.05, 0.1) is 17.6 Å². The van der Waals surface area contributed by atoms with Crippen molar-refractivity contribution in [2.75, 3.05) is 26.7 Å². The molecule has 0 spiro atoms. The van der Waals surface area contributed by atoms with Gasteiger partial charge in [-0.2, -0.15) is 13.2 Å². The molecule has 2 heterocycles. The van der Waals surface area contributed by atoms with Crippen molar-refractivity contribution in [2.45, 2.75) is 52.4 Å². The van der Waals surface area contributed by atoms with Gasteiger partial charge in [-0.25, -0.2) is 4.79 Å². The van der Waals surface area contributed by atoms with Gasteiger partial charge in [-0.05, 0) is 50.1 Å². The maximum absolute atomic E-state index is 13.6. The average molecular weight is 465 g/mol. The third-order valence-corrected chi connectivity index (χ3v) is 6.40. The largest absolute Gasteiger partial charge is 0.416 e. The molecule has 1 aliphatic heterocycles. The van der Waals surface area contributed by atoms with Crippen molar-refractivity contribution in [2.24, 2.45) is 0 Å². The first-order valence-corrected chi connectivity index (χ1v) is 11.1. The highest BCUT2D eigenvalue weighted by atomic mass is 19.4. The normalized spacial score (nSPS) is 17.8. The summed E-state index contributed by atoms with van der Waals surface area (Å²) in [6.07, 6.45) is -2.27. The number of carbonyl (C=O) groups excluding carboxylic acids is 2. The van der Waals surface area contributed by atoms with E-state index in [2.05, 4.69) is 4.98 Å². The summed E-state index contributed by atoms with van der Waals surface area (Å²) in [5.74, 6) is 0.0254. The van der Waals surface area contributed by atoms with E-state index in [0.29, 0.717) is 37.2 Å². The van der Waals surface area contributed by atoms with Gasteiger partial charge >= 0.3 is 12.2 Å². The Labute approximate surface area is 192 Å². The van der Waals surface area contributed by atoms with Gasteiger partial charge < -0.3 is 19.7 Å². The third-order valence-electron chi connectivity index (χ3n) is 6.40. The monoisotopic (exact) mass is 464 g/mol. The molecule has 180 valence electrons. The summed E-state index contributed by atoms with van der Waals surface area (Å²) in [7, 11) is 1.60. The number of piperazine rings is 1. The highest BCUT2D eigenvalue weighted by Crippen LogP contribution is 2.34.